The molecule has 1 saturated carbocycles. The monoisotopic (exact) mass is 307 g/mol. The molecule has 1 spiro atoms. The van der Waals surface area contributed by atoms with Crippen LogP contribution >= 0.6 is 0 Å². The minimum absolute atomic E-state index is 0.294. The van der Waals surface area contributed by atoms with Crippen LogP contribution in [-0.4, -0.2) is 42.8 Å². The first-order valence-corrected chi connectivity index (χ1v) is 7.48. The molecule has 2 N–H and O–H groups in total. The molecule has 0 radical (unpaired) electrons. The number of hydrogen-bond donors (Lipinski definition) is 2. The second-order valence-electron chi connectivity index (χ2n) is 6.49. The molecule has 0 amide bonds. The van der Waals surface area contributed by atoms with Crippen molar-refractivity contribution in [1.82, 2.24) is 5.06 Å². The fourth-order valence-electron chi connectivity index (χ4n) is 3.63. The van der Waals surface area contributed by atoms with E-state index in [0.29, 0.717) is 35.8 Å². The van der Waals surface area contributed by atoms with Crippen LogP contribution in [0.1, 0.15) is 51.1 Å². The molecule has 2 heterocycles. The molecular formula is C15H21N3O4. The van der Waals surface area contributed by atoms with Crippen molar-refractivity contribution >= 4 is 11.4 Å². The summed E-state index contributed by atoms with van der Waals surface area (Å²) >= 11 is 0. The Morgan fingerprint density at radius 2 is 2.09 bits per heavy atom. The molecule has 3 rings (SSSR count). The number of hydroxylamine groups is 3. The van der Waals surface area contributed by atoms with Crippen molar-refractivity contribution in [2.45, 2.75) is 57.7 Å². The van der Waals surface area contributed by atoms with Crippen LogP contribution in [0.4, 0.5) is 0 Å². The Morgan fingerprint density at radius 3 is 2.68 bits per heavy atom. The predicted molar refractivity (Wildman–Crippen MR) is 79.3 cm³/mol. The summed E-state index contributed by atoms with van der Waals surface area (Å²) in [7, 11) is 0. The van der Waals surface area contributed by atoms with Gasteiger partial charge in [-0.05, 0) is 52.2 Å². The molecule has 0 bridgehead atoms. The van der Waals surface area contributed by atoms with Gasteiger partial charge in [-0.2, -0.15) is 4.74 Å². The summed E-state index contributed by atoms with van der Waals surface area (Å²) in [5.74, 6) is 1.12. The standard InChI is InChI=1S/C15H21N3O4/c1-10-7-8-11(22-10)13-14(2,3)18(21)15(17(13)20)9-5-4-6-12(15)16-19/h7-8,19,21H,4-6,9H2,1-3H3/b16-12+. The van der Waals surface area contributed by atoms with E-state index in [2.05, 4.69) is 5.16 Å². The topological polar surface area (TPSA) is 95.3 Å². The highest BCUT2D eigenvalue weighted by Crippen LogP contribution is 2.42. The normalized spacial score (nSPS) is 30.6. The first kappa shape index (κ1) is 15.1. The van der Waals surface area contributed by atoms with Gasteiger partial charge in [0.1, 0.15) is 17.0 Å². The van der Waals surface area contributed by atoms with Crippen molar-refractivity contribution in [2.24, 2.45) is 5.16 Å². The lowest BCUT2D eigenvalue weighted by atomic mass is 9.86. The van der Waals surface area contributed by atoms with Gasteiger partial charge in [0, 0.05) is 6.42 Å². The van der Waals surface area contributed by atoms with Crippen molar-refractivity contribution in [3.8, 4) is 0 Å². The molecule has 1 aromatic heterocycles. The number of oxime groups is 1. The van der Waals surface area contributed by atoms with Gasteiger partial charge in [0.15, 0.2) is 5.76 Å². The molecule has 2 aliphatic rings. The molecule has 120 valence electrons. The van der Waals surface area contributed by atoms with Crippen molar-refractivity contribution in [3.05, 3.63) is 28.9 Å². The first-order valence-electron chi connectivity index (χ1n) is 7.48. The lowest BCUT2D eigenvalue weighted by Crippen LogP contribution is -2.60. The zero-order chi connectivity index (χ0) is 16.1. The highest BCUT2D eigenvalue weighted by atomic mass is 16.6. The molecule has 1 unspecified atom stereocenters. The van der Waals surface area contributed by atoms with Gasteiger partial charge < -0.3 is 20.0 Å². The summed E-state index contributed by atoms with van der Waals surface area (Å²) in [4.78, 5) is 0. The molecule has 0 aromatic carbocycles. The molecule has 7 nitrogen and oxygen atoms in total. The highest BCUT2D eigenvalue weighted by Gasteiger charge is 2.66. The molecule has 0 saturated heterocycles. The smallest absolute Gasteiger partial charge is 0.294 e. The van der Waals surface area contributed by atoms with E-state index < -0.39 is 11.2 Å². The van der Waals surface area contributed by atoms with E-state index in [1.54, 1.807) is 32.9 Å². The summed E-state index contributed by atoms with van der Waals surface area (Å²) in [6.45, 7) is 5.31. The lowest BCUT2D eigenvalue weighted by molar-refractivity contribution is -0.569. The predicted octanol–water partition coefficient (Wildman–Crippen LogP) is 2.47. The molecule has 1 atom stereocenters. The Hall–Kier alpha value is -1.86. The SMILES string of the molecule is Cc1ccc(C2=[N+]([O-])C3(CCCC/C3=N\O)N(O)C2(C)C)o1. The largest absolute Gasteiger partial charge is 0.622 e. The minimum Gasteiger partial charge on any atom is -0.622 e. The van der Waals surface area contributed by atoms with Crippen LogP contribution in [-0.2, 0) is 0 Å². The van der Waals surface area contributed by atoms with Gasteiger partial charge in [0.2, 0.25) is 0 Å². The summed E-state index contributed by atoms with van der Waals surface area (Å²) in [6.07, 6.45) is 2.49. The third kappa shape index (κ3) is 1.75. The quantitative estimate of drug-likeness (QED) is 0.360. The Balaban J connectivity index is 2.23. The van der Waals surface area contributed by atoms with Crippen molar-refractivity contribution in [1.29, 1.82) is 0 Å². The summed E-state index contributed by atoms with van der Waals surface area (Å²) < 4.78 is 6.37. The second-order valence-corrected chi connectivity index (χ2v) is 6.49. The van der Waals surface area contributed by atoms with Crippen LogP contribution in [0.2, 0.25) is 0 Å². The third-order valence-electron chi connectivity index (χ3n) is 4.74. The average molecular weight is 307 g/mol. The first-order chi connectivity index (χ1) is 10.4. The van der Waals surface area contributed by atoms with Crippen LogP contribution in [0.5, 0.6) is 0 Å². The number of aryl methyl sites for hydroxylation is 1. The van der Waals surface area contributed by atoms with E-state index in [0.717, 1.165) is 22.6 Å². The van der Waals surface area contributed by atoms with Crippen LogP contribution in [0.3, 0.4) is 0 Å². The maximum Gasteiger partial charge on any atom is 0.294 e. The van der Waals surface area contributed by atoms with E-state index >= 15 is 0 Å². The van der Waals surface area contributed by atoms with E-state index in [1.807, 2.05) is 0 Å². The molecule has 1 aliphatic carbocycles. The molecule has 1 aromatic rings. The zero-order valence-electron chi connectivity index (χ0n) is 13.0. The molecule has 7 heteroatoms. The van der Waals surface area contributed by atoms with Gasteiger partial charge in [-0.3, -0.25) is 0 Å². The fraction of sp³-hybridized carbons (Fsp3) is 0.600. The molecule has 1 aliphatic heterocycles. The number of hydrogen-bond acceptors (Lipinski definition) is 6. The zero-order valence-corrected chi connectivity index (χ0v) is 13.0. The van der Waals surface area contributed by atoms with E-state index in [4.69, 9.17) is 4.42 Å². The molecule has 22 heavy (non-hydrogen) atoms. The minimum atomic E-state index is -1.35. The number of rotatable bonds is 1. The van der Waals surface area contributed by atoms with Crippen LogP contribution < -0.4 is 0 Å². The van der Waals surface area contributed by atoms with Crippen LogP contribution in [0, 0.1) is 12.1 Å². The number of furan rings is 1. The maximum atomic E-state index is 13.1. The number of nitrogens with zero attached hydrogens (tertiary/aromatic N) is 3. The van der Waals surface area contributed by atoms with Gasteiger partial charge in [-0.1, -0.05) is 5.16 Å². The maximum absolute atomic E-state index is 13.1. The van der Waals surface area contributed by atoms with Crippen molar-refractivity contribution in [2.75, 3.05) is 0 Å². The molecule has 1 fully saturated rings. The van der Waals surface area contributed by atoms with E-state index in [9.17, 15) is 15.6 Å². The summed E-state index contributed by atoms with van der Waals surface area (Å²) in [5, 5.41) is 37.6. The van der Waals surface area contributed by atoms with Crippen molar-refractivity contribution in [3.63, 3.8) is 0 Å². The van der Waals surface area contributed by atoms with E-state index in [1.165, 1.54) is 0 Å². The third-order valence-corrected chi connectivity index (χ3v) is 4.74. The fourth-order valence-corrected chi connectivity index (χ4v) is 3.63. The summed E-state index contributed by atoms with van der Waals surface area (Å²) in [5.41, 5.74) is -1.68. The van der Waals surface area contributed by atoms with Gasteiger partial charge in [-0.15, -0.1) is 5.06 Å². The Labute approximate surface area is 128 Å². The van der Waals surface area contributed by atoms with Crippen molar-refractivity contribution < 1.29 is 19.6 Å². The second kappa shape index (κ2) is 4.82. The Kier molecular flexibility index (Phi) is 3.30. The van der Waals surface area contributed by atoms with Crippen LogP contribution in [0.25, 0.3) is 0 Å². The van der Waals surface area contributed by atoms with Gasteiger partial charge >= 0.3 is 0 Å². The summed E-state index contributed by atoms with van der Waals surface area (Å²) in [6, 6.07) is 3.50. The lowest BCUT2D eigenvalue weighted by Gasteiger charge is -2.38. The Bertz CT molecular complexity index is 661. The van der Waals surface area contributed by atoms with Gasteiger partial charge in [0.25, 0.3) is 11.4 Å². The van der Waals surface area contributed by atoms with Gasteiger partial charge in [-0.25, -0.2) is 0 Å². The van der Waals surface area contributed by atoms with Gasteiger partial charge in [0.05, 0.1) is 0 Å². The average Bonchev–Trinajstić information content (AvgIpc) is 2.96. The van der Waals surface area contributed by atoms with Crippen LogP contribution in [0.15, 0.2) is 21.7 Å². The Morgan fingerprint density at radius 1 is 1.36 bits per heavy atom. The molecular weight excluding hydrogens is 286 g/mol. The highest BCUT2D eigenvalue weighted by molar-refractivity contribution is 6.05. The van der Waals surface area contributed by atoms with E-state index in [-0.39, 0.29) is 0 Å².